The molecule has 1 fully saturated rings. The van der Waals surface area contributed by atoms with Crippen LogP contribution in [0.4, 0.5) is 0 Å². The number of aryl methyl sites for hydroxylation is 1. The van der Waals surface area contributed by atoms with Crippen molar-refractivity contribution in [1.29, 1.82) is 0 Å². The lowest BCUT2D eigenvalue weighted by Crippen LogP contribution is -2.45. The van der Waals surface area contributed by atoms with Gasteiger partial charge in [-0.1, -0.05) is 30.3 Å². The van der Waals surface area contributed by atoms with Gasteiger partial charge in [0, 0.05) is 0 Å². The third-order valence-electron chi connectivity index (χ3n) is 6.16. The molecule has 1 saturated heterocycles. The van der Waals surface area contributed by atoms with E-state index >= 15 is 0 Å². The number of nitrogens with two attached hydrogens (primary N) is 1. The van der Waals surface area contributed by atoms with Gasteiger partial charge in [-0.15, -0.1) is 0 Å². The van der Waals surface area contributed by atoms with E-state index in [1.807, 2.05) is 6.07 Å². The second-order valence-electron chi connectivity index (χ2n) is 7.88. The Bertz CT molecular complexity index is 784. The molecule has 144 valence electrons. The summed E-state index contributed by atoms with van der Waals surface area (Å²) in [4.78, 5) is 2.61. The lowest BCUT2D eigenvalue weighted by atomic mass is 9.95. The van der Waals surface area contributed by atoms with Crippen molar-refractivity contribution >= 4 is 0 Å². The first-order valence-corrected chi connectivity index (χ1v) is 10.0. The van der Waals surface area contributed by atoms with E-state index in [0.29, 0.717) is 12.0 Å². The van der Waals surface area contributed by atoms with Crippen LogP contribution in [0.25, 0.3) is 0 Å². The highest BCUT2D eigenvalue weighted by Crippen LogP contribution is 2.41. The number of hydrogen-bond donors (Lipinski definition) is 1. The van der Waals surface area contributed by atoms with Gasteiger partial charge < -0.3 is 15.2 Å². The highest BCUT2D eigenvalue weighted by atomic mass is 16.5. The maximum atomic E-state index is 6.63. The fourth-order valence-electron chi connectivity index (χ4n) is 4.53. The second-order valence-corrected chi connectivity index (χ2v) is 7.88. The Morgan fingerprint density at radius 1 is 1.07 bits per heavy atom. The Morgan fingerprint density at radius 3 is 2.59 bits per heavy atom. The summed E-state index contributed by atoms with van der Waals surface area (Å²) in [6, 6.07) is 15.2. The third-order valence-corrected chi connectivity index (χ3v) is 6.16. The van der Waals surface area contributed by atoms with E-state index in [4.69, 9.17) is 15.2 Å². The van der Waals surface area contributed by atoms with Crippen LogP contribution in [-0.4, -0.2) is 37.7 Å². The van der Waals surface area contributed by atoms with Crippen molar-refractivity contribution < 1.29 is 9.47 Å². The summed E-state index contributed by atoms with van der Waals surface area (Å²) in [5, 5.41) is 0. The number of methoxy groups -OCH3 is 1. The largest absolute Gasteiger partial charge is 0.493 e. The molecule has 0 spiro atoms. The van der Waals surface area contributed by atoms with Crippen LogP contribution in [0, 0.1) is 12.8 Å². The minimum absolute atomic E-state index is 0.0336. The molecule has 0 bridgehead atoms. The molecule has 1 aliphatic carbocycles. The Balaban J connectivity index is 1.62. The van der Waals surface area contributed by atoms with Gasteiger partial charge in [0.25, 0.3) is 0 Å². The molecule has 2 aromatic rings. The van der Waals surface area contributed by atoms with Crippen LogP contribution in [0.3, 0.4) is 0 Å². The fraction of sp³-hybridized carbons (Fsp3) is 0.478. The van der Waals surface area contributed by atoms with E-state index in [0.717, 1.165) is 37.6 Å². The van der Waals surface area contributed by atoms with Crippen molar-refractivity contribution in [1.82, 2.24) is 4.90 Å². The molecule has 2 atom stereocenters. The minimum atomic E-state index is 0.0336. The molecule has 2 aliphatic rings. The van der Waals surface area contributed by atoms with E-state index in [9.17, 15) is 0 Å². The first-order chi connectivity index (χ1) is 13.2. The van der Waals surface area contributed by atoms with Gasteiger partial charge in [-0.25, -0.2) is 0 Å². The number of fused-ring (bicyclic) bond motifs is 1. The monoisotopic (exact) mass is 366 g/mol. The van der Waals surface area contributed by atoms with Crippen LogP contribution in [0.1, 0.15) is 35.6 Å². The highest BCUT2D eigenvalue weighted by Gasteiger charge is 2.39. The number of benzene rings is 2. The lowest BCUT2D eigenvalue weighted by molar-refractivity contribution is 0.0524. The van der Waals surface area contributed by atoms with Crippen LogP contribution >= 0.6 is 0 Å². The molecule has 2 N–H and O–H groups in total. The van der Waals surface area contributed by atoms with Gasteiger partial charge in [0.1, 0.15) is 6.10 Å². The summed E-state index contributed by atoms with van der Waals surface area (Å²) >= 11 is 0. The molecule has 4 heteroatoms. The van der Waals surface area contributed by atoms with E-state index in [2.05, 4.69) is 48.2 Å². The van der Waals surface area contributed by atoms with E-state index in [1.54, 1.807) is 7.11 Å². The molecular formula is C23H30N2O2. The summed E-state index contributed by atoms with van der Waals surface area (Å²) in [5.74, 6) is 2.30. The van der Waals surface area contributed by atoms with Crippen LogP contribution in [-0.2, 0) is 6.42 Å². The molecule has 1 aliphatic heterocycles. The van der Waals surface area contributed by atoms with Crippen LogP contribution in [0.15, 0.2) is 42.5 Å². The van der Waals surface area contributed by atoms with Crippen molar-refractivity contribution in [3.63, 3.8) is 0 Å². The van der Waals surface area contributed by atoms with Crippen molar-refractivity contribution in [3.8, 4) is 11.5 Å². The molecule has 4 rings (SSSR count). The first-order valence-electron chi connectivity index (χ1n) is 10.0. The summed E-state index contributed by atoms with van der Waals surface area (Å²) < 4.78 is 12.2. The number of hydrogen-bond acceptors (Lipinski definition) is 4. The number of ether oxygens (including phenoxy) is 2. The maximum Gasteiger partial charge on any atom is 0.162 e. The molecule has 0 saturated carbocycles. The van der Waals surface area contributed by atoms with E-state index in [1.165, 1.54) is 29.5 Å². The molecule has 2 aromatic carbocycles. The number of piperidine rings is 1. The number of nitrogens with zero attached hydrogens (tertiary/aromatic N) is 1. The molecule has 4 nitrogen and oxygen atoms in total. The number of rotatable bonds is 5. The van der Waals surface area contributed by atoms with Gasteiger partial charge >= 0.3 is 0 Å². The summed E-state index contributed by atoms with van der Waals surface area (Å²) in [6.07, 6.45) is 3.45. The Labute approximate surface area is 162 Å². The molecule has 0 radical (unpaired) electrons. The molecule has 1 heterocycles. The first kappa shape index (κ1) is 18.3. The average molecular weight is 367 g/mol. The van der Waals surface area contributed by atoms with Gasteiger partial charge in [-0.05, 0) is 80.6 Å². The Morgan fingerprint density at radius 2 is 1.85 bits per heavy atom. The quantitative estimate of drug-likeness (QED) is 0.876. The van der Waals surface area contributed by atoms with Gasteiger partial charge in [0.05, 0.1) is 13.2 Å². The average Bonchev–Trinajstić information content (AvgIpc) is 3.07. The van der Waals surface area contributed by atoms with Crippen LogP contribution in [0.2, 0.25) is 0 Å². The summed E-state index contributed by atoms with van der Waals surface area (Å²) in [7, 11) is 1.70. The van der Waals surface area contributed by atoms with Gasteiger partial charge in [-0.2, -0.15) is 0 Å². The molecule has 1 unspecified atom stereocenters. The molecule has 0 aromatic heterocycles. The maximum absolute atomic E-state index is 6.63. The zero-order valence-electron chi connectivity index (χ0n) is 16.4. The normalized spacial score (nSPS) is 23.2. The van der Waals surface area contributed by atoms with Gasteiger partial charge in [0.15, 0.2) is 11.5 Å². The standard InChI is InChI=1S/C23H30N2O2/c1-16-7-8-21(26-2)22(13-16)27-23-19-6-4-3-5-18(19)14-20(23)25-11-9-17(15-24)10-12-25/h3-8,13,17,20,23H,9-12,14-15,24H2,1-2H3/t20-,23?/m1/s1. The topological polar surface area (TPSA) is 47.7 Å². The predicted molar refractivity (Wildman–Crippen MR) is 108 cm³/mol. The van der Waals surface area contributed by atoms with Crippen molar-refractivity contribution in [2.24, 2.45) is 11.7 Å². The van der Waals surface area contributed by atoms with Crippen LogP contribution < -0.4 is 15.2 Å². The molecule has 27 heavy (non-hydrogen) atoms. The van der Waals surface area contributed by atoms with E-state index in [-0.39, 0.29) is 6.10 Å². The van der Waals surface area contributed by atoms with E-state index < -0.39 is 0 Å². The number of likely N-dealkylation sites (tertiary alicyclic amines) is 1. The Hall–Kier alpha value is -2.04. The smallest absolute Gasteiger partial charge is 0.162 e. The lowest BCUT2D eigenvalue weighted by Gasteiger charge is -2.38. The van der Waals surface area contributed by atoms with Crippen molar-refractivity contribution in [3.05, 3.63) is 59.2 Å². The molecular weight excluding hydrogens is 336 g/mol. The third kappa shape index (κ3) is 3.69. The van der Waals surface area contributed by atoms with Gasteiger partial charge in [0.2, 0.25) is 0 Å². The van der Waals surface area contributed by atoms with Gasteiger partial charge in [-0.3, -0.25) is 4.90 Å². The minimum Gasteiger partial charge on any atom is -0.493 e. The fourth-order valence-corrected chi connectivity index (χ4v) is 4.53. The highest BCUT2D eigenvalue weighted by molar-refractivity contribution is 5.44. The summed E-state index contributed by atoms with van der Waals surface area (Å²) in [5.41, 5.74) is 9.78. The van der Waals surface area contributed by atoms with Crippen molar-refractivity contribution in [2.45, 2.75) is 38.3 Å². The zero-order chi connectivity index (χ0) is 18.8. The predicted octanol–water partition coefficient (Wildman–Crippen LogP) is 3.72. The summed E-state index contributed by atoms with van der Waals surface area (Å²) in [6.45, 7) is 5.10. The zero-order valence-corrected chi connectivity index (χ0v) is 16.4. The Kier molecular flexibility index (Phi) is 5.37. The SMILES string of the molecule is COc1ccc(C)cc1OC1c2ccccc2C[C@H]1N1CCC(CN)CC1. The molecule has 0 amide bonds. The van der Waals surface area contributed by atoms with Crippen molar-refractivity contribution in [2.75, 3.05) is 26.7 Å². The van der Waals surface area contributed by atoms with Crippen LogP contribution in [0.5, 0.6) is 11.5 Å². The second kappa shape index (κ2) is 7.91.